The van der Waals surface area contributed by atoms with Gasteiger partial charge < -0.3 is 4.90 Å². The second kappa shape index (κ2) is 9.09. The first kappa shape index (κ1) is 21.4. The zero-order chi connectivity index (χ0) is 21.1. The molecule has 0 saturated carbocycles. The molecule has 2 aromatic rings. The van der Waals surface area contributed by atoms with Crippen LogP contribution in [0.3, 0.4) is 0 Å². The lowest BCUT2D eigenvalue weighted by Crippen LogP contribution is -2.37. The van der Waals surface area contributed by atoms with Gasteiger partial charge in [-0.1, -0.05) is 24.3 Å². The van der Waals surface area contributed by atoms with E-state index in [0.717, 1.165) is 36.6 Å². The fourth-order valence-electron chi connectivity index (χ4n) is 4.02. The monoisotopic (exact) mass is 445 g/mol. The van der Waals surface area contributed by atoms with Gasteiger partial charge in [-0.2, -0.15) is 0 Å². The minimum absolute atomic E-state index is 0.0633. The number of amides is 1. The molecule has 1 amide bonds. The van der Waals surface area contributed by atoms with E-state index in [1.165, 1.54) is 18.1 Å². The molecule has 0 spiro atoms. The molecule has 0 aliphatic carbocycles. The Morgan fingerprint density at radius 2 is 1.93 bits per heavy atom. The average Bonchev–Trinajstić information content (AvgIpc) is 2.95. The van der Waals surface area contributed by atoms with E-state index in [0.29, 0.717) is 25.3 Å². The Labute approximate surface area is 182 Å². The van der Waals surface area contributed by atoms with Crippen LogP contribution < -0.4 is 9.62 Å². The highest BCUT2D eigenvalue weighted by atomic mass is 32.2. The Morgan fingerprint density at radius 3 is 2.73 bits per heavy atom. The first-order valence-electron chi connectivity index (χ1n) is 10.3. The van der Waals surface area contributed by atoms with Crippen LogP contribution in [-0.2, 0) is 27.8 Å². The molecule has 0 bridgehead atoms. The standard InChI is InChI=1S/C22H27N3O3S2/c1-17(26)25-11-4-14-29-22-8-7-20(15-21(22)25)30(27,28)23-10-13-24-12-9-18-5-2-3-6-19(18)16-24/h2-3,5-8,15,23H,4,9-14,16H2,1H3. The van der Waals surface area contributed by atoms with E-state index in [1.54, 1.807) is 28.8 Å². The molecule has 160 valence electrons. The summed E-state index contributed by atoms with van der Waals surface area (Å²) in [5, 5.41) is 0. The molecule has 30 heavy (non-hydrogen) atoms. The first-order chi connectivity index (χ1) is 14.4. The van der Waals surface area contributed by atoms with E-state index in [9.17, 15) is 13.2 Å². The quantitative estimate of drug-likeness (QED) is 0.766. The molecule has 4 rings (SSSR count). The van der Waals surface area contributed by atoms with Crippen molar-refractivity contribution in [2.45, 2.75) is 36.1 Å². The molecule has 0 aromatic heterocycles. The number of rotatable bonds is 5. The molecule has 2 aromatic carbocycles. The van der Waals surface area contributed by atoms with Crippen molar-refractivity contribution >= 4 is 33.4 Å². The van der Waals surface area contributed by atoms with Crippen molar-refractivity contribution in [1.29, 1.82) is 0 Å². The number of hydrogen-bond donors (Lipinski definition) is 1. The normalized spacial score (nSPS) is 17.2. The molecule has 0 radical (unpaired) electrons. The SMILES string of the molecule is CC(=O)N1CCCSc2ccc(S(=O)(=O)NCCN3CCc4ccccc4C3)cc21. The Kier molecular flexibility index (Phi) is 6.48. The molecule has 2 aliphatic rings. The third kappa shape index (κ3) is 4.72. The third-order valence-electron chi connectivity index (χ3n) is 5.63. The number of fused-ring (bicyclic) bond motifs is 2. The summed E-state index contributed by atoms with van der Waals surface area (Å²) < 4.78 is 28.5. The molecular formula is C22H27N3O3S2. The first-order valence-corrected chi connectivity index (χ1v) is 12.7. The van der Waals surface area contributed by atoms with Crippen LogP contribution in [-0.4, -0.2) is 51.2 Å². The Balaban J connectivity index is 1.42. The molecule has 0 saturated heterocycles. The average molecular weight is 446 g/mol. The number of anilines is 1. The summed E-state index contributed by atoms with van der Waals surface area (Å²) >= 11 is 1.67. The number of hydrogen-bond acceptors (Lipinski definition) is 5. The van der Waals surface area contributed by atoms with Crippen molar-refractivity contribution in [3.63, 3.8) is 0 Å². The maximum absolute atomic E-state index is 12.9. The summed E-state index contributed by atoms with van der Waals surface area (Å²) in [6.45, 7) is 4.93. The predicted octanol–water partition coefficient (Wildman–Crippen LogP) is 2.87. The van der Waals surface area contributed by atoms with Gasteiger partial charge in [0, 0.05) is 44.5 Å². The van der Waals surface area contributed by atoms with E-state index in [2.05, 4.69) is 27.8 Å². The van der Waals surface area contributed by atoms with Crippen molar-refractivity contribution < 1.29 is 13.2 Å². The molecule has 2 heterocycles. The molecule has 0 unspecified atom stereocenters. The number of nitrogens with zero attached hydrogens (tertiary/aromatic N) is 2. The van der Waals surface area contributed by atoms with Crippen molar-refractivity contribution in [1.82, 2.24) is 9.62 Å². The molecule has 1 N–H and O–H groups in total. The van der Waals surface area contributed by atoms with Gasteiger partial charge in [0.25, 0.3) is 0 Å². The Hall–Kier alpha value is -1.87. The summed E-state index contributed by atoms with van der Waals surface area (Å²) in [6, 6.07) is 13.5. The highest BCUT2D eigenvalue weighted by Crippen LogP contribution is 2.35. The molecule has 8 heteroatoms. The zero-order valence-electron chi connectivity index (χ0n) is 17.1. The van der Waals surface area contributed by atoms with Crippen molar-refractivity contribution in [2.75, 3.05) is 36.8 Å². The van der Waals surface area contributed by atoms with Crippen LogP contribution in [0.25, 0.3) is 0 Å². The number of carbonyl (C=O) groups is 1. The topological polar surface area (TPSA) is 69.7 Å². The lowest BCUT2D eigenvalue weighted by molar-refractivity contribution is -0.116. The van der Waals surface area contributed by atoms with Crippen LogP contribution in [0.1, 0.15) is 24.5 Å². The molecule has 6 nitrogen and oxygen atoms in total. The summed E-state index contributed by atoms with van der Waals surface area (Å²) in [6.07, 6.45) is 1.88. The van der Waals surface area contributed by atoms with E-state index in [1.807, 2.05) is 12.1 Å². The second-order valence-corrected chi connectivity index (χ2v) is 10.6. The summed E-state index contributed by atoms with van der Waals surface area (Å²) in [5.41, 5.74) is 3.40. The van der Waals surface area contributed by atoms with Gasteiger partial charge in [0.15, 0.2) is 0 Å². The van der Waals surface area contributed by atoms with Gasteiger partial charge in [0.1, 0.15) is 0 Å². The lowest BCUT2D eigenvalue weighted by atomic mass is 10.0. The number of thioether (sulfide) groups is 1. The fraction of sp³-hybridized carbons (Fsp3) is 0.409. The van der Waals surface area contributed by atoms with Gasteiger partial charge >= 0.3 is 0 Å². The van der Waals surface area contributed by atoms with Crippen LogP contribution in [0.2, 0.25) is 0 Å². The second-order valence-electron chi connectivity index (χ2n) is 7.69. The van der Waals surface area contributed by atoms with Gasteiger partial charge in [0.05, 0.1) is 10.6 Å². The Morgan fingerprint density at radius 1 is 1.13 bits per heavy atom. The highest BCUT2D eigenvalue weighted by molar-refractivity contribution is 7.99. The van der Waals surface area contributed by atoms with E-state index < -0.39 is 10.0 Å². The number of nitrogens with one attached hydrogen (secondary N) is 1. The maximum Gasteiger partial charge on any atom is 0.240 e. The minimum Gasteiger partial charge on any atom is -0.311 e. The van der Waals surface area contributed by atoms with Crippen molar-refractivity contribution in [3.05, 3.63) is 53.6 Å². The smallest absolute Gasteiger partial charge is 0.240 e. The molecular weight excluding hydrogens is 418 g/mol. The number of carbonyl (C=O) groups excluding carboxylic acids is 1. The Bertz CT molecular complexity index is 1040. The number of sulfonamides is 1. The van der Waals surface area contributed by atoms with Gasteiger partial charge in [0.2, 0.25) is 15.9 Å². The van der Waals surface area contributed by atoms with Crippen LogP contribution in [0.5, 0.6) is 0 Å². The molecule has 2 aliphatic heterocycles. The van der Waals surface area contributed by atoms with Crippen LogP contribution >= 0.6 is 11.8 Å². The van der Waals surface area contributed by atoms with E-state index in [-0.39, 0.29) is 10.8 Å². The van der Waals surface area contributed by atoms with E-state index >= 15 is 0 Å². The van der Waals surface area contributed by atoms with Gasteiger partial charge in [-0.25, -0.2) is 13.1 Å². The van der Waals surface area contributed by atoms with Crippen LogP contribution in [0, 0.1) is 0 Å². The van der Waals surface area contributed by atoms with E-state index in [4.69, 9.17) is 0 Å². The predicted molar refractivity (Wildman–Crippen MR) is 120 cm³/mol. The highest BCUT2D eigenvalue weighted by Gasteiger charge is 2.23. The minimum atomic E-state index is -3.64. The molecule has 0 fully saturated rings. The largest absolute Gasteiger partial charge is 0.311 e. The summed E-state index contributed by atoms with van der Waals surface area (Å²) in [4.78, 5) is 17.2. The summed E-state index contributed by atoms with van der Waals surface area (Å²) in [5.74, 6) is 0.853. The maximum atomic E-state index is 12.9. The zero-order valence-corrected chi connectivity index (χ0v) is 18.8. The van der Waals surface area contributed by atoms with Gasteiger partial charge in [-0.05, 0) is 47.9 Å². The van der Waals surface area contributed by atoms with Crippen molar-refractivity contribution in [2.24, 2.45) is 0 Å². The molecule has 0 atom stereocenters. The summed E-state index contributed by atoms with van der Waals surface area (Å²) in [7, 11) is -3.64. The lowest BCUT2D eigenvalue weighted by Gasteiger charge is -2.28. The third-order valence-corrected chi connectivity index (χ3v) is 8.23. The van der Waals surface area contributed by atoms with Gasteiger partial charge in [-0.3, -0.25) is 9.69 Å². The van der Waals surface area contributed by atoms with Gasteiger partial charge in [-0.15, -0.1) is 11.8 Å². The van der Waals surface area contributed by atoms with Crippen molar-refractivity contribution in [3.8, 4) is 0 Å². The fourth-order valence-corrected chi connectivity index (χ4v) is 6.03. The number of benzene rings is 2. The van der Waals surface area contributed by atoms with Crippen LogP contribution in [0.4, 0.5) is 5.69 Å². The van der Waals surface area contributed by atoms with Crippen LogP contribution in [0.15, 0.2) is 52.3 Å².